The third-order valence-corrected chi connectivity index (χ3v) is 3.04. The highest BCUT2D eigenvalue weighted by atomic mass is 16.3. The Hall–Kier alpha value is -3.02. The molecule has 0 bridgehead atoms. The molecule has 0 aliphatic heterocycles. The molecule has 0 saturated heterocycles. The predicted octanol–water partition coefficient (Wildman–Crippen LogP) is 2.41. The van der Waals surface area contributed by atoms with Gasteiger partial charge in [-0.25, -0.2) is 0 Å². The van der Waals surface area contributed by atoms with Crippen LogP contribution in [0.15, 0.2) is 51.5 Å². The molecule has 0 radical (unpaired) electrons. The average molecular weight is 284 g/mol. The second kappa shape index (κ2) is 5.16. The Morgan fingerprint density at radius 3 is 2.52 bits per heavy atom. The van der Waals surface area contributed by atoms with Crippen molar-refractivity contribution in [1.29, 1.82) is 0 Å². The molecule has 0 unspecified atom stereocenters. The number of para-hydroxylation sites is 1. The van der Waals surface area contributed by atoms with Crippen LogP contribution in [0.1, 0.15) is 26.7 Å². The maximum atomic E-state index is 11.9. The highest BCUT2D eigenvalue weighted by Crippen LogP contribution is 2.18. The fourth-order valence-corrected chi connectivity index (χ4v) is 1.96. The molecule has 6 nitrogen and oxygen atoms in total. The molecule has 6 heteroatoms. The number of rotatable bonds is 2. The van der Waals surface area contributed by atoms with Crippen molar-refractivity contribution in [3.05, 3.63) is 59.7 Å². The zero-order chi connectivity index (χ0) is 14.8. The third-order valence-electron chi connectivity index (χ3n) is 3.04. The van der Waals surface area contributed by atoms with E-state index in [4.69, 9.17) is 8.83 Å². The number of fused-ring (bicyclic) bond motifs is 1. The van der Waals surface area contributed by atoms with Crippen molar-refractivity contribution in [3.63, 3.8) is 0 Å². The van der Waals surface area contributed by atoms with Crippen molar-refractivity contribution in [2.75, 3.05) is 0 Å². The fourth-order valence-electron chi connectivity index (χ4n) is 1.96. The standard InChI is InChI=1S/C15H12N2O4/c1-9-11(6-7-20-9)14(18)16-17-15(19)13-8-10-4-2-3-5-12(10)21-13/h2-8H,1H3,(H,16,18)(H,17,19). The predicted molar refractivity (Wildman–Crippen MR) is 74.6 cm³/mol. The van der Waals surface area contributed by atoms with E-state index in [-0.39, 0.29) is 5.76 Å². The molecule has 3 rings (SSSR count). The van der Waals surface area contributed by atoms with E-state index in [9.17, 15) is 9.59 Å². The van der Waals surface area contributed by atoms with Gasteiger partial charge in [0.05, 0.1) is 11.8 Å². The number of amides is 2. The number of hydrazine groups is 1. The molecule has 1 aromatic carbocycles. The summed E-state index contributed by atoms with van der Waals surface area (Å²) in [7, 11) is 0. The number of nitrogens with one attached hydrogen (secondary N) is 2. The number of carbonyl (C=O) groups is 2. The minimum absolute atomic E-state index is 0.125. The maximum Gasteiger partial charge on any atom is 0.305 e. The van der Waals surface area contributed by atoms with Crippen molar-refractivity contribution in [3.8, 4) is 0 Å². The van der Waals surface area contributed by atoms with Crippen LogP contribution in [0.5, 0.6) is 0 Å². The molecule has 106 valence electrons. The number of aryl methyl sites for hydroxylation is 1. The van der Waals surface area contributed by atoms with Gasteiger partial charge in [-0.3, -0.25) is 20.4 Å². The molecule has 2 aromatic heterocycles. The van der Waals surface area contributed by atoms with Gasteiger partial charge in [0.2, 0.25) is 0 Å². The number of carbonyl (C=O) groups excluding carboxylic acids is 2. The van der Waals surface area contributed by atoms with Gasteiger partial charge in [-0.15, -0.1) is 0 Å². The number of hydrogen-bond donors (Lipinski definition) is 2. The van der Waals surface area contributed by atoms with Crippen molar-refractivity contribution in [2.24, 2.45) is 0 Å². The SMILES string of the molecule is Cc1occc1C(=O)NNC(=O)c1cc2ccccc2o1. The highest BCUT2D eigenvalue weighted by Gasteiger charge is 2.15. The topological polar surface area (TPSA) is 84.5 Å². The van der Waals surface area contributed by atoms with E-state index >= 15 is 0 Å². The zero-order valence-electron chi connectivity index (χ0n) is 11.2. The number of benzene rings is 1. The first-order valence-corrected chi connectivity index (χ1v) is 6.28. The second-order valence-corrected chi connectivity index (χ2v) is 4.45. The average Bonchev–Trinajstić information content (AvgIpc) is 3.10. The summed E-state index contributed by atoms with van der Waals surface area (Å²) in [6, 6.07) is 10.4. The monoisotopic (exact) mass is 284 g/mol. The second-order valence-electron chi connectivity index (χ2n) is 4.45. The first-order valence-electron chi connectivity index (χ1n) is 6.28. The van der Waals surface area contributed by atoms with Crippen molar-refractivity contribution in [2.45, 2.75) is 6.92 Å². The molecule has 0 saturated carbocycles. The molecule has 0 aliphatic rings. The normalized spacial score (nSPS) is 10.5. The summed E-state index contributed by atoms with van der Waals surface area (Å²) in [6.45, 7) is 1.66. The van der Waals surface area contributed by atoms with Crippen molar-refractivity contribution in [1.82, 2.24) is 10.9 Å². The molecule has 0 atom stereocenters. The fraction of sp³-hybridized carbons (Fsp3) is 0.0667. The summed E-state index contributed by atoms with van der Waals surface area (Å²) < 4.78 is 10.4. The Labute approximate surface area is 119 Å². The molecule has 3 aromatic rings. The van der Waals surface area contributed by atoms with Crippen LogP contribution >= 0.6 is 0 Å². The van der Waals surface area contributed by atoms with Crippen LogP contribution in [-0.4, -0.2) is 11.8 Å². The van der Waals surface area contributed by atoms with Crippen LogP contribution in [0, 0.1) is 6.92 Å². The smallest absolute Gasteiger partial charge is 0.305 e. The minimum Gasteiger partial charge on any atom is -0.469 e. The largest absolute Gasteiger partial charge is 0.469 e. The minimum atomic E-state index is -0.527. The van der Waals surface area contributed by atoms with E-state index in [1.165, 1.54) is 12.3 Å². The summed E-state index contributed by atoms with van der Waals surface area (Å²) in [4.78, 5) is 23.7. The molecular formula is C15H12N2O4. The van der Waals surface area contributed by atoms with E-state index in [1.54, 1.807) is 19.1 Å². The Morgan fingerprint density at radius 2 is 1.81 bits per heavy atom. The van der Waals surface area contributed by atoms with Crippen molar-refractivity contribution >= 4 is 22.8 Å². The Bertz CT molecular complexity index is 783. The molecule has 2 amide bonds. The highest BCUT2D eigenvalue weighted by molar-refractivity contribution is 6.00. The molecule has 0 spiro atoms. The van der Waals surface area contributed by atoms with Gasteiger partial charge in [0.25, 0.3) is 5.91 Å². The first-order chi connectivity index (χ1) is 10.1. The van der Waals surface area contributed by atoms with Gasteiger partial charge in [-0.05, 0) is 25.1 Å². The van der Waals surface area contributed by atoms with E-state index in [1.807, 2.05) is 18.2 Å². The van der Waals surface area contributed by atoms with Crippen LogP contribution in [0.25, 0.3) is 11.0 Å². The van der Waals surface area contributed by atoms with Gasteiger partial charge in [0.15, 0.2) is 5.76 Å². The number of furan rings is 2. The molecule has 2 heterocycles. The first kappa shape index (κ1) is 13.0. The summed E-state index contributed by atoms with van der Waals surface area (Å²) in [6.07, 6.45) is 1.41. The van der Waals surface area contributed by atoms with Crippen LogP contribution in [0.3, 0.4) is 0 Å². The van der Waals surface area contributed by atoms with Crippen LogP contribution < -0.4 is 10.9 Å². The Kier molecular flexibility index (Phi) is 3.19. The third kappa shape index (κ3) is 2.51. The molecule has 21 heavy (non-hydrogen) atoms. The molecule has 2 N–H and O–H groups in total. The lowest BCUT2D eigenvalue weighted by Crippen LogP contribution is -2.41. The summed E-state index contributed by atoms with van der Waals surface area (Å²) in [5, 5.41) is 0.819. The maximum absolute atomic E-state index is 11.9. The molecule has 0 fully saturated rings. The van der Waals surface area contributed by atoms with E-state index in [2.05, 4.69) is 10.9 Å². The lowest BCUT2D eigenvalue weighted by Gasteiger charge is -2.04. The lowest BCUT2D eigenvalue weighted by atomic mass is 10.2. The van der Waals surface area contributed by atoms with E-state index in [0.717, 1.165) is 5.39 Å². The van der Waals surface area contributed by atoms with Gasteiger partial charge < -0.3 is 8.83 Å². The van der Waals surface area contributed by atoms with Crippen LogP contribution in [-0.2, 0) is 0 Å². The Morgan fingerprint density at radius 1 is 1.05 bits per heavy atom. The summed E-state index contributed by atoms with van der Waals surface area (Å²) in [5.74, 6) is -0.377. The Balaban J connectivity index is 1.69. The van der Waals surface area contributed by atoms with Gasteiger partial charge in [-0.2, -0.15) is 0 Å². The van der Waals surface area contributed by atoms with Crippen molar-refractivity contribution < 1.29 is 18.4 Å². The van der Waals surface area contributed by atoms with E-state index in [0.29, 0.717) is 16.9 Å². The van der Waals surface area contributed by atoms with Gasteiger partial charge in [-0.1, -0.05) is 18.2 Å². The summed E-state index contributed by atoms with van der Waals surface area (Å²) >= 11 is 0. The van der Waals surface area contributed by atoms with Crippen LogP contribution in [0.4, 0.5) is 0 Å². The lowest BCUT2D eigenvalue weighted by molar-refractivity contribution is 0.0831. The molecular weight excluding hydrogens is 272 g/mol. The zero-order valence-corrected chi connectivity index (χ0v) is 11.2. The summed E-state index contributed by atoms with van der Waals surface area (Å²) in [5.41, 5.74) is 5.58. The van der Waals surface area contributed by atoms with Crippen LogP contribution in [0.2, 0.25) is 0 Å². The quantitative estimate of drug-likeness (QED) is 0.708. The molecule has 0 aliphatic carbocycles. The van der Waals surface area contributed by atoms with Gasteiger partial charge in [0.1, 0.15) is 11.3 Å². The van der Waals surface area contributed by atoms with Gasteiger partial charge in [0, 0.05) is 5.39 Å². The van der Waals surface area contributed by atoms with Gasteiger partial charge >= 0.3 is 5.91 Å². The van der Waals surface area contributed by atoms with E-state index < -0.39 is 11.8 Å². The number of hydrogen-bond acceptors (Lipinski definition) is 4.